The van der Waals surface area contributed by atoms with Gasteiger partial charge in [-0.3, -0.25) is 4.79 Å². The van der Waals surface area contributed by atoms with Crippen molar-refractivity contribution in [3.8, 4) is 0 Å². The van der Waals surface area contributed by atoms with Gasteiger partial charge in [-0.05, 0) is 17.7 Å². The van der Waals surface area contributed by atoms with E-state index in [-0.39, 0.29) is 12.2 Å². The van der Waals surface area contributed by atoms with Gasteiger partial charge in [0.2, 0.25) is 0 Å². The van der Waals surface area contributed by atoms with Crippen molar-refractivity contribution in [1.29, 1.82) is 0 Å². The van der Waals surface area contributed by atoms with Gasteiger partial charge in [0.15, 0.2) is 11.5 Å². The summed E-state index contributed by atoms with van der Waals surface area (Å²) in [4.78, 5) is 22.8. The number of rotatable bonds is 5. The summed E-state index contributed by atoms with van der Waals surface area (Å²) in [5.74, 6) is -0.266. The molecule has 1 atom stereocenters. The summed E-state index contributed by atoms with van der Waals surface area (Å²) in [5, 5.41) is 0. The monoisotopic (exact) mass is 228 g/mol. The molecule has 1 heterocycles. The van der Waals surface area contributed by atoms with E-state index in [2.05, 4.69) is 0 Å². The lowest BCUT2D eigenvalue weighted by molar-refractivity contribution is -0.109. The lowest BCUT2D eigenvalue weighted by Gasteiger charge is -2.08. The molecule has 0 N–H and O–H groups in total. The number of hydrogen-bond donors (Lipinski definition) is 0. The molecule has 0 aliphatic heterocycles. The summed E-state index contributed by atoms with van der Waals surface area (Å²) < 4.78 is 5.01. The lowest BCUT2D eigenvalue weighted by atomic mass is 9.94. The zero-order valence-electron chi connectivity index (χ0n) is 9.21. The first-order chi connectivity index (χ1) is 8.31. The second-order valence-corrected chi connectivity index (χ2v) is 3.76. The first-order valence-corrected chi connectivity index (χ1v) is 5.38. The third-order valence-corrected chi connectivity index (χ3v) is 2.59. The van der Waals surface area contributed by atoms with Crippen LogP contribution in [-0.2, 0) is 4.79 Å². The van der Waals surface area contributed by atoms with E-state index in [1.165, 1.54) is 6.26 Å². The third kappa shape index (κ3) is 2.69. The van der Waals surface area contributed by atoms with Gasteiger partial charge in [-0.1, -0.05) is 30.3 Å². The van der Waals surface area contributed by atoms with Crippen LogP contribution in [0.2, 0.25) is 0 Å². The molecule has 1 aromatic carbocycles. The predicted molar refractivity (Wildman–Crippen MR) is 62.9 cm³/mol. The van der Waals surface area contributed by atoms with Gasteiger partial charge in [-0.25, -0.2) is 0 Å². The average Bonchev–Trinajstić information content (AvgIpc) is 2.90. The van der Waals surface area contributed by atoms with Crippen LogP contribution >= 0.6 is 0 Å². The van der Waals surface area contributed by atoms with Crippen LogP contribution < -0.4 is 0 Å². The van der Waals surface area contributed by atoms with Crippen LogP contribution in [0.25, 0.3) is 0 Å². The largest absolute Gasteiger partial charge is 0.461 e. The fraction of sp³-hybridized carbons (Fsp3) is 0.143. The molecule has 0 amide bonds. The van der Waals surface area contributed by atoms with Crippen LogP contribution in [0.3, 0.4) is 0 Å². The van der Waals surface area contributed by atoms with E-state index >= 15 is 0 Å². The maximum Gasteiger partial charge on any atom is 0.199 e. The highest BCUT2D eigenvalue weighted by Crippen LogP contribution is 2.19. The highest BCUT2D eigenvalue weighted by Gasteiger charge is 2.17. The maximum atomic E-state index is 11.8. The Kier molecular flexibility index (Phi) is 3.50. The molecule has 0 aliphatic rings. The molecule has 1 unspecified atom stereocenters. The van der Waals surface area contributed by atoms with Crippen molar-refractivity contribution in [2.24, 2.45) is 0 Å². The SMILES string of the molecule is O=CC(CC(=O)c1ccco1)c1ccccc1. The molecule has 0 saturated carbocycles. The minimum Gasteiger partial charge on any atom is -0.461 e. The quantitative estimate of drug-likeness (QED) is 0.584. The number of hydrogen-bond acceptors (Lipinski definition) is 3. The standard InChI is InChI=1S/C14H12O3/c15-10-12(11-5-2-1-3-6-11)9-13(16)14-7-4-8-17-14/h1-8,10,12H,9H2. The zero-order valence-corrected chi connectivity index (χ0v) is 9.21. The van der Waals surface area contributed by atoms with E-state index in [0.29, 0.717) is 5.76 Å². The maximum absolute atomic E-state index is 11.8. The van der Waals surface area contributed by atoms with Gasteiger partial charge in [0.1, 0.15) is 6.29 Å². The molecule has 0 bridgehead atoms. The lowest BCUT2D eigenvalue weighted by Crippen LogP contribution is -2.08. The van der Waals surface area contributed by atoms with E-state index in [4.69, 9.17) is 4.42 Å². The molecule has 0 fully saturated rings. The Balaban J connectivity index is 2.11. The Morgan fingerprint density at radius 3 is 2.53 bits per heavy atom. The van der Waals surface area contributed by atoms with Crippen molar-refractivity contribution in [3.63, 3.8) is 0 Å². The molecule has 3 nitrogen and oxygen atoms in total. The molecule has 2 aromatic rings. The molecule has 2 rings (SSSR count). The predicted octanol–water partition coefficient (Wildman–Crippen LogP) is 2.84. The second-order valence-electron chi connectivity index (χ2n) is 3.76. The molecule has 0 aliphatic carbocycles. The molecular weight excluding hydrogens is 216 g/mol. The van der Waals surface area contributed by atoms with Crippen LogP contribution in [0.15, 0.2) is 53.1 Å². The summed E-state index contributed by atoms with van der Waals surface area (Å²) in [7, 11) is 0. The fourth-order valence-electron chi connectivity index (χ4n) is 1.68. The normalized spacial score (nSPS) is 12.0. The first-order valence-electron chi connectivity index (χ1n) is 5.38. The van der Waals surface area contributed by atoms with E-state index in [1.807, 2.05) is 30.3 Å². The van der Waals surface area contributed by atoms with Gasteiger partial charge in [0, 0.05) is 12.3 Å². The van der Waals surface area contributed by atoms with Gasteiger partial charge in [0.05, 0.1) is 6.26 Å². The average molecular weight is 228 g/mol. The molecule has 0 saturated heterocycles. The number of furan rings is 1. The Hall–Kier alpha value is -2.16. The van der Waals surface area contributed by atoms with Crippen molar-refractivity contribution < 1.29 is 14.0 Å². The minimum atomic E-state index is -0.409. The van der Waals surface area contributed by atoms with Crippen LogP contribution in [0.1, 0.15) is 28.5 Å². The van der Waals surface area contributed by atoms with Crippen molar-refractivity contribution in [1.82, 2.24) is 0 Å². The van der Waals surface area contributed by atoms with Crippen molar-refractivity contribution >= 4 is 12.1 Å². The molecular formula is C14H12O3. The first kappa shape index (κ1) is 11.3. The van der Waals surface area contributed by atoms with Gasteiger partial charge < -0.3 is 9.21 Å². The number of aldehydes is 1. The van der Waals surface area contributed by atoms with Crippen molar-refractivity contribution in [2.45, 2.75) is 12.3 Å². The van der Waals surface area contributed by atoms with Crippen LogP contribution in [0.4, 0.5) is 0 Å². The summed E-state index contributed by atoms with van der Waals surface area (Å²) in [6, 6.07) is 12.5. The topological polar surface area (TPSA) is 47.3 Å². The van der Waals surface area contributed by atoms with E-state index in [1.54, 1.807) is 12.1 Å². The highest BCUT2D eigenvalue weighted by atomic mass is 16.3. The third-order valence-electron chi connectivity index (χ3n) is 2.59. The molecule has 0 spiro atoms. The van der Waals surface area contributed by atoms with E-state index in [9.17, 15) is 9.59 Å². The Bertz CT molecular complexity index is 485. The smallest absolute Gasteiger partial charge is 0.199 e. The number of benzene rings is 1. The zero-order chi connectivity index (χ0) is 12.1. The Morgan fingerprint density at radius 1 is 1.18 bits per heavy atom. The van der Waals surface area contributed by atoms with Gasteiger partial charge >= 0.3 is 0 Å². The van der Waals surface area contributed by atoms with Gasteiger partial charge in [-0.2, -0.15) is 0 Å². The minimum absolute atomic E-state index is 0.140. The summed E-state index contributed by atoms with van der Waals surface area (Å²) in [6.45, 7) is 0. The van der Waals surface area contributed by atoms with E-state index < -0.39 is 5.92 Å². The Labute approximate surface area is 99.1 Å². The van der Waals surface area contributed by atoms with Crippen molar-refractivity contribution in [3.05, 3.63) is 60.1 Å². The number of Topliss-reactive ketones (excluding diaryl/α,β-unsaturated/α-hetero) is 1. The number of carbonyl (C=O) groups is 2. The van der Waals surface area contributed by atoms with Gasteiger partial charge in [0.25, 0.3) is 0 Å². The Morgan fingerprint density at radius 2 is 1.94 bits per heavy atom. The molecule has 3 heteroatoms. The van der Waals surface area contributed by atoms with Crippen LogP contribution in [-0.4, -0.2) is 12.1 Å². The molecule has 1 aromatic heterocycles. The summed E-state index contributed by atoms with van der Waals surface area (Å²) in [5.41, 5.74) is 0.849. The number of carbonyl (C=O) groups excluding carboxylic acids is 2. The summed E-state index contributed by atoms with van der Waals surface area (Å²) >= 11 is 0. The fourth-order valence-corrected chi connectivity index (χ4v) is 1.68. The van der Waals surface area contributed by atoms with Crippen LogP contribution in [0, 0.1) is 0 Å². The molecule has 17 heavy (non-hydrogen) atoms. The molecule has 86 valence electrons. The number of ketones is 1. The van der Waals surface area contributed by atoms with E-state index in [0.717, 1.165) is 11.8 Å². The van der Waals surface area contributed by atoms with Gasteiger partial charge in [-0.15, -0.1) is 0 Å². The highest BCUT2D eigenvalue weighted by molar-refractivity contribution is 5.95. The summed E-state index contributed by atoms with van der Waals surface area (Å²) in [6.07, 6.45) is 2.39. The molecule has 0 radical (unpaired) electrons. The second kappa shape index (κ2) is 5.25. The van der Waals surface area contributed by atoms with Crippen molar-refractivity contribution in [2.75, 3.05) is 0 Å². The van der Waals surface area contributed by atoms with Crippen LogP contribution in [0.5, 0.6) is 0 Å².